The van der Waals surface area contributed by atoms with Gasteiger partial charge in [0.1, 0.15) is 6.04 Å². The average molecular weight is 311 g/mol. The lowest BCUT2D eigenvalue weighted by atomic mass is 10.2. The third-order valence-corrected chi connectivity index (χ3v) is 5.22. The van der Waals surface area contributed by atoms with Gasteiger partial charge in [-0.2, -0.15) is 4.98 Å². The van der Waals surface area contributed by atoms with Gasteiger partial charge in [0.25, 0.3) is 0 Å². The Balaban J connectivity index is 1.66. The van der Waals surface area contributed by atoms with Crippen LogP contribution in [0.3, 0.4) is 0 Å². The van der Waals surface area contributed by atoms with E-state index < -0.39 is 12.0 Å². The van der Waals surface area contributed by atoms with E-state index in [1.165, 1.54) is 0 Å². The van der Waals surface area contributed by atoms with Gasteiger partial charge in [0, 0.05) is 18.6 Å². The summed E-state index contributed by atoms with van der Waals surface area (Å²) >= 11 is 1.58. The highest BCUT2D eigenvalue weighted by atomic mass is 32.2. The van der Waals surface area contributed by atoms with Crippen molar-refractivity contribution < 1.29 is 19.2 Å². The summed E-state index contributed by atoms with van der Waals surface area (Å²) in [4.78, 5) is 29.4. The number of carbonyl (C=O) groups excluding carboxylic acids is 1. The van der Waals surface area contributed by atoms with Gasteiger partial charge in [0.15, 0.2) is 5.82 Å². The third kappa shape index (κ3) is 3.04. The van der Waals surface area contributed by atoms with Gasteiger partial charge in [-0.25, -0.2) is 4.79 Å². The molecule has 1 saturated carbocycles. The molecule has 1 saturated heterocycles. The summed E-state index contributed by atoms with van der Waals surface area (Å²) in [6, 6.07) is -0.711. The SMILES string of the molecule is Cc1noc(CCC(=O)N2C(C(=O)O)CSC2C2CC2)n1. The summed E-state index contributed by atoms with van der Waals surface area (Å²) in [7, 11) is 0. The highest BCUT2D eigenvalue weighted by Crippen LogP contribution is 2.45. The monoisotopic (exact) mass is 311 g/mol. The minimum absolute atomic E-state index is 0.0167. The van der Waals surface area contributed by atoms with Crippen molar-refractivity contribution in [2.24, 2.45) is 5.92 Å². The smallest absolute Gasteiger partial charge is 0.327 e. The predicted octanol–water partition coefficient (Wildman–Crippen LogP) is 1.08. The van der Waals surface area contributed by atoms with Crippen molar-refractivity contribution in [1.82, 2.24) is 15.0 Å². The van der Waals surface area contributed by atoms with Crippen LogP contribution in [-0.2, 0) is 16.0 Å². The molecule has 0 spiro atoms. The molecule has 2 unspecified atom stereocenters. The van der Waals surface area contributed by atoms with Gasteiger partial charge in [-0.3, -0.25) is 4.79 Å². The number of carboxylic acids is 1. The number of amides is 1. The molecule has 2 atom stereocenters. The van der Waals surface area contributed by atoms with Gasteiger partial charge in [-0.1, -0.05) is 5.16 Å². The molecule has 2 fully saturated rings. The van der Waals surface area contributed by atoms with Crippen LogP contribution >= 0.6 is 11.8 Å². The molecule has 7 nitrogen and oxygen atoms in total. The number of nitrogens with zero attached hydrogens (tertiary/aromatic N) is 3. The summed E-state index contributed by atoms with van der Waals surface area (Å²) in [5.74, 6) is 0.819. The Morgan fingerprint density at radius 1 is 1.48 bits per heavy atom. The summed E-state index contributed by atoms with van der Waals surface area (Å²) in [5, 5.41) is 13.0. The van der Waals surface area contributed by atoms with Crippen molar-refractivity contribution >= 4 is 23.6 Å². The van der Waals surface area contributed by atoms with Crippen LogP contribution in [-0.4, -0.2) is 49.2 Å². The van der Waals surface area contributed by atoms with Gasteiger partial charge < -0.3 is 14.5 Å². The molecule has 2 aliphatic rings. The van der Waals surface area contributed by atoms with Crippen LogP contribution in [0.1, 0.15) is 31.0 Å². The minimum Gasteiger partial charge on any atom is -0.480 e. The molecule has 1 aliphatic heterocycles. The van der Waals surface area contributed by atoms with Crippen molar-refractivity contribution in [2.45, 2.75) is 44.0 Å². The fraction of sp³-hybridized carbons (Fsp3) is 0.692. The average Bonchev–Trinajstić information content (AvgIpc) is 3.04. The van der Waals surface area contributed by atoms with E-state index in [1.54, 1.807) is 23.6 Å². The van der Waals surface area contributed by atoms with Gasteiger partial charge in [0.05, 0.1) is 5.37 Å². The number of carbonyl (C=O) groups is 2. The number of hydrogen-bond donors (Lipinski definition) is 1. The maximum atomic E-state index is 12.4. The van der Waals surface area contributed by atoms with Gasteiger partial charge in [-0.05, 0) is 25.7 Å². The van der Waals surface area contributed by atoms with E-state index in [0.29, 0.717) is 29.8 Å². The Hall–Kier alpha value is -1.57. The molecule has 21 heavy (non-hydrogen) atoms. The number of hydrogen-bond acceptors (Lipinski definition) is 6. The Labute approximate surface area is 126 Å². The summed E-state index contributed by atoms with van der Waals surface area (Å²) in [6.07, 6.45) is 2.72. The van der Waals surface area contributed by atoms with E-state index in [9.17, 15) is 14.7 Å². The quantitative estimate of drug-likeness (QED) is 0.869. The lowest BCUT2D eigenvalue weighted by Crippen LogP contribution is -2.46. The molecule has 2 heterocycles. The van der Waals surface area contributed by atoms with Crippen molar-refractivity contribution in [3.05, 3.63) is 11.7 Å². The topological polar surface area (TPSA) is 96.5 Å². The van der Waals surface area contributed by atoms with E-state index in [4.69, 9.17) is 4.52 Å². The number of aromatic nitrogens is 2. The molecule has 114 valence electrons. The van der Waals surface area contributed by atoms with Gasteiger partial charge in [0.2, 0.25) is 11.8 Å². The lowest BCUT2D eigenvalue weighted by Gasteiger charge is -2.27. The molecular weight excluding hydrogens is 294 g/mol. The van der Waals surface area contributed by atoms with Crippen molar-refractivity contribution in [2.75, 3.05) is 5.75 Å². The maximum absolute atomic E-state index is 12.4. The molecule has 0 radical (unpaired) electrons. The number of thioether (sulfide) groups is 1. The zero-order valence-corrected chi connectivity index (χ0v) is 12.5. The molecule has 1 N–H and O–H groups in total. The van der Waals surface area contributed by atoms with E-state index in [2.05, 4.69) is 10.1 Å². The normalized spacial score (nSPS) is 25.3. The number of aliphatic carboxylic acids is 1. The van der Waals surface area contributed by atoms with Crippen LogP contribution in [0.2, 0.25) is 0 Å². The lowest BCUT2D eigenvalue weighted by molar-refractivity contribution is -0.149. The first kappa shape index (κ1) is 14.4. The molecule has 0 bridgehead atoms. The second-order valence-electron chi connectivity index (χ2n) is 5.45. The Morgan fingerprint density at radius 2 is 2.24 bits per heavy atom. The number of rotatable bonds is 5. The molecule has 3 rings (SSSR count). The van der Waals surface area contributed by atoms with E-state index in [-0.39, 0.29) is 17.7 Å². The standard InChI is InChI=1S/C13H17N3O4S/c1-7-14-10(20-15-7)4-5-11(17)16-9(13(18)19)6-21-12(16)8-2-3-8/h8-9,12H,2-6H2,1H3,(H,18,19). The first-order valence-electron chi connectivity index (χ1n) is 7.01. The molecule has 1 aliphatic carbocycles. The zero-order valence-electron chi connectivity index (χ0n) is 11.7. The van der Waals surface area contributed by atoms with E-state index in [1.807, 2.05) is 0 Å². The zero-order chi connectivity index (χ0) is 15.0. The summed E-state index contributed by atoms with van der Waals surface area (Å²) in [6.45, 7) is 1.72. The van der Waals surface area contributed by atoms with Crippen LogP contribution < -0.4 is 0 Å². The fourth-order valence-electron chi connectivity index (χ4n) is 2.56. The second-order valence-corrected chi connectivity index (χ2v) is 6.60. The van der Waals surface area contributed by atoms with Crippen molar-refractivity contribution in [3.63, 3.8) is 0 Å². The van der Waals surface area contributed by atoms with Crippen LogP contribution in [0, 0.1) is 12.8 Å². The number of aryl methyl sites for hydroxylation is 2. The molecule has 1 amide bonds. The molecule has 1 aromatic heterocycles. The van der Waals surface area contributed by atoms with Crippen LogP contribution in [0.25, 0.3) is 0 Å². The van der Waals surface area contributed by atoms with Crippen LogP contribution in [0.5, 0.6) is 0 Å². The van der Waals surface area contributed by atoms with Crippen LogP contribution in [0.4, 0.5) is 0 Å². The summed E-state index contributed by atoms with van der Waals surface area (Å²) < 4.78 is 4.98. The Morgan fingerprint density at radius 3 is 2.81 bits per heavy atom. The molecule has 0 aromatic carbocycles. The fourth-order valence-corrected chi connectivity index (χ4v) is 4.21. The van der Waals surface area contributed by atoms with Gasteiger partial charge >= 0.3 is 5.97 Å². The predicted molar refractivity (Wildman–Crippen MR) is 74.6 cm³/mol. The third-order valence-electron chi connectivity index (χ3n) is 3.76. The van der Waals surface area contributed by atoms with E-state index >= 15 is 0 Å². The maximum Gasteiger partial charge on any atom is 0.327 e. The second kappa shape index (κ2) is 5.67. The highest BCUT2D eigenvalue weighted by molar-refractivity contribution is 8.00. The molecule has 8 heteroatoms. The van der Waals surface area contributed by atoms with Gasteiger partial charge in [-0.15, -0.1) is 11.8 Å². The summed E-state index contributed by atoms with van der Waals surface area (Å²) in [5.41, 5.74) is 0. The van der Waals surface area contributed by atoms with Crippen molar-refractivity contribution in [3.8, 4) is 0 Å². The molecular formula is C13H17N3O4S. The first-order valence-corrected chi connectivity index (χ1v) is 8.06. The molecule has 1 aromatic rings. The Bertz CT molecular complexity index is 557. The van der Waals surface area contributed by atoms with Crippen molar-refractivity contribution in [1.29, 1.82) is 0 Å². The first-order chi connectivity index (χ1) is 10.1. The highest BCUT2D eigenvalue weighted by Gasteiger charge is 2.47. The Kier molecular flexibility index (Phi) is 3.88. The minimum atomic E-state index is -0.923. The van der Waals surface area contributed by atoms with E-state index in [0.717, 1.165) is 12.8 Å². The largest absolute Gasteiger partial charge is 0.480 e. The number of carboxylic acid groups (broad SMARTS) is 1. The van der Waals surface area contributed by atoms with Crippen LogP contribution in [0.15, 0.2) is 4.52 Å².